The van der Waals surface area contributed by atoms with Crippen LogP contribution < -0.4 is 11.1 Å². The molecule has 0 aliphatic heterocycles. The van der Waals surface area contributed by atoms with E-state index in [1.54, 1.807) is 55.6 Å². The zero-order chi connectivity index (χ0) is 50.3. The van der Waals surface area contributed by atoms with Crippen LogP contribution in [0.15, 0.2) is 117 Å². The van der Waals surface area contributed by atoms with E-state index in [1.165, 1.54) is 59.1 Å². The molecule has 0 unspecified atom stereocenters. The van der Waals surface area contributed by atoms with Crippen molar-refractivity contribution in [2.75, 3.05) is 13.1 Å². The number of hydrogen-bond acceptors (Lipinski definition) is 13. The Bertz CT molecular complexity index is 3010. The lowest BCUT2D eigenvalue weighted by molar-refractivity contribution is -0.138. The number of carbonyl (C=O) groups excluding carboxylic acids is 1. The molecule has 21 heteroatoms. The normalized spacial score (nSPS) is 11.8. The first kappa shape index (κ1) is 51.3. The van der Waals surface area contributed by atoms with E-state index in [4.69, 9.17) is 19.9 Å². The van der Waals surface area contributed by atoms with Gasteiger partial charge in [-0.15, -0.1) is 22.7 Å². The first-order valence-electron chi connectivity index (χ1n) is 20.7. The minimum absolute atomic E-state index is 0.204. The summed E-state index contributed by atoms with van der Waals surface area (Å²) in [6.07, 6.45) is -8.69. The number of carbonyl (C=O) groups is 2. The average molecular weight is 991 g/mol. The quantitative estimate of drug-likeness (QED) is 0.104. The highest BCUT2D eigenvalue weighted by atomic mass is 32.1. The van der Waals surface area contributed by atoms with Gasteiger partial charge in [0.2, 0.25) is 23.4 Å². The molecule has 0 aliphatic rings. The van der Waals surface area contributed by atoms with E-state index in [9.17, 15) is 35.9 Å². The van der Waals surface area contributed by atoms with Gasteiger partial charge in [0.05, 0.1) is 28.1 Å². The van der Waals surface area contributed by atoms with E-state index in [1.807, 2.05) is 33.1 Å². The van der Waals surface area contributed by atoms with Crippen molar-refractivity contribution in [2.45, 2.75) is 64.7 Å². The first-order valence-corrected chi connectivity index (χ1v) is 22.5. The summed E-state index contributed by atoms with van der Waals surface area (Å²) in [7, 11) is 0. The van der Waals surface area contributed by atoms with Gasteiger partial charge in [0, 0.05) is 76.3 Å². The second-order valence-electron chi connectivity index (χ2n) is 16.6. The summed E-state index contributed by atoms with van der Waals surface area (Å²) in [5, 5.41) is 24.6. The molecule has 0 saturated heterocycles. The Morgan fingerprint density at radius 3 is 1.42 bits per heavy atom. The number of alkyl halides is 6. The summed E-state index contributed by atoms with van der Waals surface area (Å²) in [6.45, 7) is 12.0. The average Bonchev–Trinajstić information content (AvgIpc) is 4.17. The second-order valence-corrected chi connectivity index (χ2v) is 18.3. The number of carboxylic acids is 1. The number of aryl methyl sites for hydroxylation is 2. The number of nitrogens with two attached hydrogens (primary N) is 1. The van der Waals surface area contributed by atoms with Crippen LogP contribution in [0.1, 0.15) is 81.3 Å². The van der Waals surface area contributed by atoms with Crippen LogP contribution in [-0.4, -0.2) is 60.3 Å². The van der Waals surface area contributed by atoms with Gasteiger partial charge in [-0.1, -0.05) is 86.5 Å². The zero-order valence-electron chi connectivity index (χ0n) is 37.7. The monoisotopic (exact) mass is 990 g/mol. The minimum Gasteiger partial charge on any atom is -0.478 e. The van der Waals surface area contributed by atoms with Gasteiger partial charge >= 0.3 is 18.3 Å². The Morgan fingerprint density at radius 1 is 0.609 bits per heavy atom. The molecule has 69 heavy (non-hydrogen) atoms. The molecule has 4 aromatic carbocycles. The third-order valence-corrected chi connectivity index (χ3v) is 12.6. The van der Waals surface area contributed by atoms with E-state index in [0.717, 1.165) is 34.3 Å². The van der Waals surface area contributed by atoms with Gasteiger partial charge < -0.3 is 25.2 Å². The molecule has 8 aromatic rings. The van der Waals surface area contributed by atoms with E-state index in [2.05, 4.69) is 35.6 Å². The second kappa shape index (κ2) is 21.0. The molecular formula is C48H44F6N8O5S2. The maximum atomic E-state index is 12.8. The van der Waals surface area contributed by atoms with Crippen molar-refractivity contribution in [1.29, 1.82) is 0 Å². The summed E-state index contributed by atoms with van der Waals surface area (Å²) < 4.78 is 85.7. The van der Waals surface area contributed by atoms with Crippen LogP contribution in [0.3, 0.4) is 0 Å². The Kier molecular flexibility index (Phi) is 15.6. The molecular weight excluding hydrogens is 947 g/mol. The number of nitrogens with zero attached hydrogens (tertiary/aromatic N) is 6. The molecule has 8 rings (SSSR count). The van der Waals surface area contributed by atoms with Crippen LogP contribution in [0, 0.1) is 13.8 Å². The third-order valence-electron chi connectivity index (χ3n) is 10.2. The number of thiazole rings is 2. The maximum Gasteiger partial charge on any atom is 0.416 e. The Labute approximate surface area is 399 Å². The number of benzene rings is 4. The summed E-state index contributed by atoms with van der Waals surface area (Å²) >= 11 is 2.87. The molecule has 360 valence electrons. The predicted molar refractivity (Wildman–Crippen MR) is 248 cm³/mol. The molecule has 0 fully saturated rings. The molecule has 0 spiro atoms. The number of hydrogen-bond donors (Lipinski definition) is 3. The van der Waals surface area contributed by atoms with E-state index < -0.39 is 34.9 Å². The number of aromatic carboxylic acids is 1. The molecule has 0 radical (unpaired) electrons. The third kappa shape index (κ3) is 13.3. The van der Waals surface area contributed by atoms with Crippen LogP contribution >= 0.6 is 22.7 Å². The van der Waals surface area contributed by atoms with E-state index in [-0.39, 0.29) is 16.9 Å². The van der Waals surface area contributed by atoms with Gasteiger partial charge in [-0.25, -0.2) is 14.8 Å². The van der Waals surface area contributed by atoms with Crippen molar-refractivity contribution in [3.05, 3.63) is 152 Å². The van der Waals surface area contributed by atoms with Crippen LogP contribution in [-0.2, 0) is 23.2 Å². The minimum atomic E-state index is -4.38. The van der Waals surface area contributed by atoms with Gasteiger partial charge in [-0.2, -0.15) is 36.3 Å². The number of rotatable bonds is 11. The summed E-state index contributed by atoms with van der Waals surface area (Å²) in [4.78, 5) is 40.8. The lowest BCUT2D eigenvalue weighted by Crippen LogP contribution is -2.36. The molecule has 13 nitrogen and oxygen atoms in total. The van der Waals surface area contributed by atoms with Crippen molar-refractivity contribution in [3.63, 3.8) is 0 Å². The number of carboxylic acid groups (broad SMARTS) is 1. The molecule has 0 aliphatic carbocycles. The van der Waals surface area contributed by atoms with Crippen molar-refractivity contribution >= 4 is 34.6 Å². The fraction of sp³-hybridized carbons (Fsp3) is 0.250. The van der Waals surface area contributed by atoms with E-state index in [0.29, 0.717) is 75.7 Å². The molecule has 0 atom stereocenters. The topological polar surface area (TPSA) is 196 Å². The summed E-state index contributed by atoms with van der Waals surface area (Å²) in [5.74, 6) is 0.463. The molecule has 4 aromatic heterocycles. The first-order chi connectivity index (χ1) is 32.4. The molecule has 0 bridgehead atoms. The standard InChI is InChI=1S/C24H21F3N4O2S.C14H15F3N2S.C10H8N2O3/c1-14-29-20(31-33-14)16-5-4-6-17(11-16)21(32)28-13-23(2,3)22-30-19(12-34-22)15-7-9-18(10-8-15)24(25,26)27;1-13(2,8-18)12-19-11(7-20-12)9-3-5-10(6-4-9)14(15,16)17;1-6-11-9(12-15-6)7-3-2-4-8(5-7)10(13)14/h4-12H,13H2,1-3H3,(H,28,32);3-7H,8,18H2,1-2H3;2-5H,1H3,(H,13,14). The number of nitrogens with one attached hydrogen (secondary N) is 1. The van der Waals surface area contributed by atoms with Gasteiger partial charge in [0.25, 0.3) is 5.91 Å². The largest absolute Gasteiger partial charge is 0.478 e. The van der Waals surface area contributed by atoms with Crippen LogP contribution in [0.4, 0.5) is 26.3 Å². The van der Waals surface area contributed by atoms with Crippen LogP contribution in [0.25, 0.3) is 45.3 Å². The highest BCUT2D eigenvalue weighted by Crippen LogP contribution is 2.35. The number of amides is 1. The summed E-state index contributed by atoms with van der Waals surface area (Å²) in [5.41, 5.74) is 8.14. The number of halogens is 6. The van der Waals surface area contributed by atoms with Gasteiger partial charge in [0.1, 0.15) is 10.0 Å². The SMILES string of the molecule is CC(C)(CN)c1nc(-c2ccc(C(F)(F)F)cc2)cs1.Cc1nc(-c2cccc(C(=O)NCC(C)(C)c3nc(-c4ccc(C(F)(F)F)cc4)cs3)c2)no1.Cc1nc(-c2cccc(C(=O)O)c2)no1. The van der Waals surface area contributed by atoms with Gasteiger partial charge in [-0.3, -0.25) is 4.79 Å². The smallest absolute Gasteiger partial charge is 0.416 e. The molecule has 1 amide bonds. The molecule has 0 saturated carbocycles. The Hall–Kier alpha value is -7.10. The van der Waals surface area contributed by atoms with Crippen molar-refractivity contribution in [3.8, 4) is 45.3 Å². The molecule has 4 N–H and O–H groups in total. The predicted octanol–water partition coefficient (Wildman–Crippen LogP) is 11.7. The Balaban J connectivity index is 0.000000188. The maximum absolute atomic E-state index is 12.8. The molecule has 4 heterocycles. The van der Waals surface area contributed by atoms with Crippen LogP contribution in [0.5, 0.6) is 0 Å². The van der Waals surface area contributed by atoms with Crippen molar-refractivity contribution in [2.24, 2.45) is 5.73 Å². The van der Waals surface area contributed by atoms with Gasteiger partial charge in [-0.05, 0) is 48.5 Å². The lowest BCUT2D eigenvalue weighted by Gasteiger charge is -2.22. The number of aromatic nitrogens is 6. The lowest BCUT2D eigenvalue weighted by atomic mass is 9.94. The highest BCUT2D eigenvalue weighted by molar-refractivity contribution is 7.10. The van der Waals surface area contributed by atoms with Gasteiger partial charge in [0.15, 0.2) is 0 Å². The fourth-order valence-electron chi connectivity index (χ4n) is 6.08. The zero-order valence-corrected chi connectivity index (χ0v) is 39.4. The fourth-order valence-corrected chi connectivity index (χ4v) is 8.00. The Morgan fingerprint density at radius 2 is 1.03 bits per heavy atom. The van der Waals surface area contributed by atoms with E-state index >= 15 is 0 Å². The van der Waals surface area contributed by atoms with Crippen LogP contribution in [0.2, 0.25) is 0 Å². The summed E-state index contributed by atoms with van der Waals surface area (Å²) in [6, 6.07) is 23.3. The highest BCUT2D eigenvalue weighted by Gasteiger charge is 2.32. The van der Waals surface area contributed by atoms with Crippen molar-refractivity contribution < 1.29 is 50.1 Å². The van der Waals surface area contributed by atoms with Crippen molar-refractivity contribution in [1.82, 2.24) is 35.6 Å².